The molecular weight excluding hydrogens is 358 g/mol. The Morgan fingerprint density at radius 1 is 1.21 bits per heavy atom. The van der Waals surface area contributed by atoms with Crippen molar-refractivity contribution in [1.82, 2.24) is 0 Å². The third kappa shape index (κ3) is 2.68. The summed E-state index contributed by atoms with van der Waals surface area (Å²) in [4.78, 5) is 10.7. The van der Waals surface area contributed by atoms with Gasteiger partial charge in [0.15, 0.2) is 0 Å². The van der Waals surface area contributed by atoms with Crippen LogP contribution in [0.1, 0.15) is 17.0 Å². The van der Waals surface area contributed by atoms with Crippen molar-refractivity contribution < 1.29 is 14.4 Å². The number of hydrogen-bond donors (Lipinski definition) is 1. The van der Waals surface area contributed by atoms with Gasteiger partial charge in [0.25, 0.3) is 5.69 Å². The predicted octanol–water partition coefficient (Wildman–Crippen LogP) is 3.97. The summed E-state index contributed by atoms with van der Waals surface area (Å²) in [5, 5.41) is 22.6. The Kier molecular flexibility index (Phi) is 4.09. The Balaban J connectivity index is 1.97. The molecule has 0 fully saturated rings. The maximum Gasteiger partial charge on any atom is 0.269 e. The molecule has 0 saturated carbocycles. The van der Waals surface area contributed by atoms with Crippen molar-refractivity contribution in [2.24, 2.45) is 5.73 Å². The molecule has 0 spiro atoms. The molecular formula is C21H15N3O4. The van der Waals surface area contributed by atoms with E-state index in [9.17, 15) is 15.4 Å². The molecule has 138 valence electrons. The van der Waals surface area contributed by atoms with E-state index in [-0.39, 0.29) is 17.1 Å². The minimum atomic E-state index is -0.555. The minimum Gasteiger partial charge on any atom is -0.497 e. The van der Waals surface area contributed by atoms with Gasteiger partial charge >= 0.3 is 0 Å². The molecule has 4 rings (SSSR count). The molecule has 0 aromatic heterocycles. The van der Waals surface area contributed by atoms with Gasteiger partial charge in [-0.05, 0) is 29.1 Å². The van der Waals surface area contributed by atoms with Crippen molar-refractivity contribution in [2.75, 3.05) is 7.11 Å². The number of methoxy groups -OCH3 is 1. The smallest absolute Gasteiger partial charge is 0.269 e. The molecule has 0 radical (unpaired) electrons. The Morgan fingerprint density at radius 3 is 2.75 bits per heavy atom. The Labute approximate surface area is 160 Å². The van der Waals surface area contributed by atoms with Gasteiger partial charge in [0.1, 0.15) is 23.1 Å². The molecule has 0 amide bonds. The molecule has 0 aliphatic carbocycles. The van der Waals surface area contributed by atoms with Crippen LogP contribution in [0.3, 0.4) is 0 Å². The molecule has 7 nitrogen and oxygen atoms in total. The van der Waals surface area contributed by atoms with Crippen molar-refractivity contribution in [1.29, 1.82) is 5.26 Å². The quantitative estimate of drug-likeness (QED) is 0.549. The molecule has 28 heavy (non-hydrogen) atoms. The van der Waals surface area contributed by atoms with Crippen molar-refractivity contribution in [2.45, 2.75) is 5.92 Å². The number of nitriles is 1. The van der Waals surface area contributed by atoms with Gasteiger partial charge in [0, 0.05) is 23.1 Å². The van der Waals surface area contributed by atoms with Gasteiger partial charge < -0.3 is 15.2 Å². The lowest BCUT2D eigenvalue weighted by Gasteiger charge is -2.27. The molecule has 3 aromatic carbocycles. The normalized spacial score (nSPS) is 15.5. The maximum atomic E-state index is 11.2. The number of benzene rings is 3. The Bertz CT molecular complexity index is 1190. The Hall–Kier alpha value is -4.05. The van der Waals surface area contributed by atoms with Crippen LogP contribution in [-0.2, 0) is 0 Å². The average molecular weight is 373 g/mol. The fourth-order valence-corrected chi connectivity index (χ4v) is 3.51. The van der Waals surface area contributed by atoms with E-state index in [1.165, 1.54) is 12.1 Å². The number of ether oxygens (including phenoxy) is 2. The van der Waals surface area contributed by atoms with E-state index >= 15 is 0 Å². The van der Waals surface area contributed by atoms with E-state index in [4.69, 9.17) is 15.2 Å². The monoisotopic (exact) mass is 373 g/mol. The van der Waals surface area contributed by atoms with Gasteiger partial charge in [-0.25, -0.2) is 0 Å². The fraction of sp³-hybridized carbons (Fsp3) is 0.0952. The highest BCUT2D eigenvalue weighted by molar-refractivity contribution is 5.92. The third-order valence-electron chi connectivity index (χ3n) is 4.82. The highest BCUT2D eigenvalue weighted by Crippen LogP contribution is 2.46. The second kappa shape index (κ2) is 6.59. The van der Waals surface area contributed by atoms with Crippen molar-refractivity contribution in [3.05, 3.63) is 87.3 Å². The van der Waals surface area contributed by atoms with E-state index in [1.54, 1.807) is 19.2 Å². The lowest BCUT2D eigenvalue weighted by Crippen LogP contribution is -2.21. The van der Waals surface area contributed by atoms with Crippen molar-refractivity contribution in [3.8, 4) is 17.6 Å². The summed E-state index contributed by atoms with van der Waals surface area (Å²) in [5.74, 6) is 0.683. The van der Waals surface area contributed by atoms with Crippen LogP contribution in [-0.4, -0.2) is 12.0 Å². The van der Waals surface area contributed by atoms with Crippen LogP contribution in [0.4, 0.5) is 5.69 Å². The number of nitrogens with zero attached hydrogens (tertiary/aromatic N) is 2. The molecule has 1 unspecified atom stereocenters. The van der Waals surface area contributed by atoms with Gasteiger partial charge in [-0.1, -0.05) is 24.3 Å². The molecule has 0 saturated heterocycles. The van der Waals surface area contributed by atoms with E-state index < -0.39 is 10.8 Å². The van der Waals surface area contributed by atoms with Gasteiger partial charge in [-0.2, -0.15) is 5.26 Å². The van der Waals surface area contributed by atoms with Crippen LogP contribution in [0.25, 0.3) is 10.8 Å². The molecule has 0 bridgehead atoms. The largest absolute Gasteiger partial charge is 0.497 e. The zero-order valence-corrected chi connectivity index (χ0v) is 14.9. The zero-order valence-electron chi connectivity index (χ0n) is 14.9. The first-order valence-electron chi connectivity index (χ1n) is 8.46. The first-order valence-corrected chi connectivity index (χ1v) is 8.46. The third-order valence-corrected chi connectivity index (χ3v) is 4.82. The van der Waals surface area contributed by atoms with Crippen molar-refractivity contribution >= 4 is 16.5 Å². The molecule has 1 aliphatic rings. The zero-order chi connectivity index (χ0) is 19.8. The molecule has 1 aliphatic heterocycles. The second-order valence-corrected chi connectivity index (χ2v) is 6.35. The fourth-order valence-electron chi connectivity index (χ4n) is 3.51. The molecule has 3 aromatic rings. The number of hydrogen-bond acceptors (Lipinski definition) is 6. The molecule has 1 atom stereocenters. The summed E-state index contributed by atoms with van der Waals surface area (Å²) >= 11 is 0. The van der Waals surface area contributed by atoms with Gasteiger partial charge in [-0.15, -0.1) is 0 Å². The van der Waals surface area contributed by atoms with Crippen LogP contribution in [0.2, 0.25) is 0 Å². The average Bonchev–Trinajstić information content (AvgIpc) is 2.72. The van der Waals surface area contributed by atoms with E-state index in [1.807, 2.05) is 30.3 Å². The predicted molar refractivity (Wildman–Crippen MR) is 103 cm³/mol. The number of non-ortho nitro benzene ring substituents is 1. The highest BCUT2D eigenvalue weighted by Gasteiger charge is 2.32. The summed E-state index contributed by atoms with van der Waals surface area (Å²) in [7, 11) is 1.59. The number of nitro groups is 1. The maximum absolute atomic E-state index is 11.2. The van der Waals surface area contributed by atoms with E-state index in [0.29, 0.717) is 17.1 Å². The van der Waals surface area contributed by atoms with Gasteiger partial charge in [-0.3, -0.25) is 10.1 Å². The highest BCUT2D eigenvalue weighted by atomic mass is 16.6. The van der Waals surface area contributed by atoms with E-state index in [2.05, 4.69) is 6.07 Å². The summed E-state index contributed by atoms with van der Waals surface area (Å²) in [6.07, 6.45) is 0. The summed E-state index contributed by atoms with van der Waals surface area (Å²) < 4.78 is 11.1. The van der Waals surface area contributed by atoms with Crippen LogP contribution >= 0.6 is 0 Å². The minimum absolute atomic E-state index is 0.00479. The lowest BCUT2D eigenvalue weighted by molar-refractivity contribution is -0.384. The first-order chi connectivity index (χ1) is 13.5. The summed E-state index contributed by atoms with van der Waals surface area (Å²) in [6, 6.07) is 17.6. The lowest BCUT2D eigenvalue weighted by atomic mass is 9.82. The SMILES string of the molecule is COc1ccc2c3c(ccc2c1)C(c1cccc([N+](=O)[O-])c1)C(C#N)=C(N)O3. The van der Waals surface area contributed by atoms with Crippen LogP contribution in [0, 0.1) is 21.4 Å². The Morgan fingerprint density at radius 2 is 2.04 bits per heavy atom. The number of nitrogens with two attached hydrogens (primary N) is 1. The molecule has 1 heterocycles. The second-order valence-electron chi connectivity index (χ2n) is 6.35. The van der Waals surface area contributed by atoms with Crippen molar-refractivity contribution in [3.63, 3.8) is 0 Å². The van der Waals surface area contributed by atoms with Crippen LogP contribution in [0.5, 0.6) is 11.5 Å². The molecule has 7 heteroatoms. The van der Waals surface area contributed by atoms with E-state index in [0.717, 1.165) is 16.3 Å². The number of rotatable bonds is 3. The number of allylic oxidation sites excluding steroid dienone is 1. The standard InChI is InChI=1S/C21H15N3O4/c1-27-15-6-8-16-12(10-15)5-7-17-19(18(11-22)21(23)28-20(16)17)13-3-2-4-14(9-13)24(25)26/h2-10,19H,23H2,1H3. The summed E-state index contributed by atoms with van der Waals surface area (Å²) in [6.45, 7) is 0. The van der Waals surface area contributed by atoms with Crippen LogP contribution in [0.15, 0.2) is 66.1 Å². The van der Waals surface area contributed by atoms with Gasteiger partial charge in [0.05, 0.1) is 18.0 Å². The number of fused-ring (bicyclic) bond motifs is 3. The topological polar surface area (TPSA) is 111 Å². The first kappa shape index (κ1) is 17.4. The molecule has 2 N–H and O–H groups in total. The summed E-state index contributed by atoms with van der Waals surface area (Å²) in [5.41, 5.74) is 7.56. The van der Waals surface area contributed by atoms with Gasteiger partial charge in [0.2, 0.25) is 5.88 Å². The van der Waals surface area contributed by atoms with Crippen LogP contribution < -0.4 is 15.2 Å². The number of nitro benzene ring substituents is 1.